The van der Waals surface area contributed by atoms with Crippen LogP contribution in [0.2, 0.25) is 0 Å². The number of amides is 1. The van der Waals surface area contributed by atoms with Gasteiger partial charge in [-0.05, 0) is 23.8 Å². The molecule has 0 radical (unpaired) electrons. The zero-order valence-electron chi connectivity index (χ0n) is 12.8. The number of phenols is 1. The minimum absolute atomic E-state index is 0.0414. The number of nitrogens with zero attached hydrogens (tertiary/aromatic N) is 2. The lowest BCUT2D eigenvalue weighted by atomic mass is 10.1. The minimum atomic E-state index is -0.345. The van der Waals surface area contributed by atoms with Crippen LogP contribution in [0.25, 0.3) is 11.3 Å². The van der Waals surface area contributed by atoms with E-state index in [-0.39, 0.29) is 23.0 Å². The molecule has 6 nitrogen and oxygen atoms in total. The molecule has 120 valence electrons. The van der Waals surface area contributed by atoms with Crippen molar-refractivity contribution < 1.29 is 9.90 Å². The summed E-state index contributed by atoms with van der Waals surface area (Å²) in [7, 11) is 0. The SMILES string of the molecule is Nc1nnc(-c2ccccc2O)cc1C(=O)NCc1ccccc1. The third kappa shape index (κ3) is 3.33. The van der Waals surface area contributed by atoms with Crippen LogP contribution in [0.5, 0.6) is 5.75 Å². The quantitative estimate of drug-likeness (QED) is 0.685. The topological polar surface area (TPSA) is 101 Å². The minimum Gasteiger partial charge on any atom is -0.507 e. The molecule has 0 atom stereocenters. The maximum absolute atomic E-state index is 12.4. The Morgan fingerprint density at radius 2 is 1.75 bits per heavy atom. The van der Waals surface area contributed by atoms with Crippen LogP contribution in [0, 0.1) is 0 Å². The van der Waals surface area contributed by atoms with Gasteiger partial charge in [0, 0.05) is 12.1 Å². The number of nitrogen functional groups attached to an aromatic ring is 1. The molecule has 0 fully saturated rings. The average molecular weight is 320 g/mol. The Labute approximate surface area is 139 Å². The first-order chi connectivity index (χ1) is 11.6. The molecule has 0 aliphatic carbocycles. The number of aromatic hydroxyl groups is 1. The zero-order valence-corrected chi connectivity index (χ0v) is 12.8. The molecular weight excluding hydrogens is 304 g/mol. The number of aromatic nitrogens is 2. The van der Waals surface area contributed by atoms with Crippen molar-refractivity contribution in [3.63, 3.8) is 0 Å². The smallest absolute Gasteiger partial charge is 0.255 e. The second-order valence-electron chi connectivity index (χ2n) is 5.21. The zero-order chi connectivity index (χ0) is 16.9. The Hall–Kier alpha value is -3.41. The predicted molar refractivity (Wildman–Crippen MR) is 91.2 cm³/mol. The Kier molecular flexibility index (Phi) is 4.38. The van der Waals surface area contributed by atoms with Crippen molar-refractivity contribution in [3.8, 4) is 17.0 Å². The lowest BCUT2D eigenvalue weighted by Gasteiger charge is -2.09. The fourth-order valence-electron chi connectivity index (χ4n) is 2.28. The van der Waals surface area contributed by atoms with Crippen LogP contribution in [0.3, 0.4) is 0 Å². The first-order valence-electron chi connectivity index (χ1n) is 7.39. The maximum atomic E-state index is 12.4. The van der Waals surface area contributed by atoms with Gasteiger partial charge in [-0.15, -0.1) is 10.2 Å². The molecule has 1 aromatic heterocycles. The van der Waals surface area contributed by atoms with Crippen LogP contribution >= 0.6 is 0 Å². The molecule has 0 spiro atoms. The van der Waals surface area contributed by atoms with Crippen LogP contribution in [0.15, 0.2) is 60.7 Å². The molecule has 3 aromatic rings. The van der Waals surface area contributed by atoms with Crippen molar-refractivity contribution in [3.05, 3.63) is 71.8 Å². The van der Waals surface area contributed by atoms with E-state index in [1.165, 1.54) is 6.07 Å². The summed E-state index contributed by atoms with van der Waals surface area (Å²) in [5.41, 5.74) is 7.85. The summed E-state index contributed by atoms with van der Waals surface area (Å²) in [6.07, 6.45) is 0. The van der Waals surface area contributed by atoms with Crippen molar-refractivity contribution in [2.75, 3.05) is 5.73 Å². The Morgan fingerprint density at radius 3 is 2.50 bits per heavy atom. The fraction of sp³-hybridized carbons (Fsp3) is 0.0556. The number of phenolic OH excluding ortho intramolecular Hbond substituents is 1. The molecule has 0 unspecified atom stereocenters. The highest BCUT2D eigenvalue weighted by molar-refractivity contribution is 5.99. The molecule has 1 amide bonds. The van der Waals surface area contributed by atoms with E-state index in [9.17, 15) is 9.90 Å². The number of rotatable bonds is 4. The molecule has 2 aromatic carbocycles. The van der Waals surface area contributed by atoms with Gasteiger partial charge in [-0.25, -0.2) is 0 Å². The standard InChI is InChI=1S/C18H16N4O2/c19-17-14(18(24)20-11-12-6-2-1-3-7-12)10-15(21-22-17)13-8-4-5-9-16(13)23/h1-10,23H,11H2,(H2,19,22)(H,20,24). The van der Waals surface area contributed by atoms with Gasteiger partial charge < -0.3 is 16.2 Å². The molecule has 0 aliphatic heterocycles. The lowest BCUT2D eigenvalue weighted by Crippen LogP contribution is -2.24. The van der Waals surface area contributed by atoms with Crippen molar-refractivity contribution in [1.82, 2.24) is 15.5 Å². The number of anilines is 1. The number of nitrogens with one attached hydrogen (secondary N) is 1. The number of benzene rings is 2. The van der Waals surface area contributed by atoms with E-state index in [0.29, 0.717) is 17.8 Å². The summed E-state index contributed by atoms with van der Waals surface area (Å²) >= 11 is 0. The summed E-state index contributed by atoms with van der Waals surface area (Å²) in [6.45, 7) is 0.382. The van der Waals surface area contributed by atoms with Gasteiger partial charge in [-0.1, -0.05) is 42.5 Å². The Balaban J connectivity index is 1.84. The highest BCUT2D eigenvalue weighted by atomic mass is 16.3. The number of carbonyl (C=O) groups excluding carboxylic acids is 1. The van der Waals surface area contributed by atoms with Gasteiger partial charge in [-0.2, -0.15) is 0 Å². The summed E-state index contributed by atoms with van der Waals surface area (Å²) in [5, 5.41) is 20.5. The van der Waals surface area contributed by atoms with Gasteiger partial charge >= 0.3 is 0 Å². The molecule has 4 N–H and O–H groups in total. The third-order valence-electron chi connectivity index (χ3n) is 3.54. The Morgan fingerprint density at radius 1 is 1.04 bits per heavy atom. The summed E-state index contributed by atoms with van der Waals surface area (Å²) in [4.78, 5) is 12.4. The van der Waals surface area contributed by atoms with Crippen molar-refractivity contribution >= 4 is 11.7 Å². The van der Waals surface area contributed by atoms with E-state index in [1.54, 1.807) is 24.3 Å². The van der Waals surface area contributed by atoms with E-state index in [2.05, 4.69) is 15.5 Å². The lowest BCUT2D eigenvalue weighted by molar-refractivity contribution is 0.0951. The number of para-hydroxylation sites is 1. The monoisotopic (exact) mass is 320 g/mol. The summed E-state index contributed by atoms with van der Waals surface area (Å²) in [5.74, 6) is -0.241. The van der Waals surface area contributed by atoms with Crippen molar-refractivity contribution in [2.24, 2.45) is 0 Å². The van der Waals surface area contributed by atoms with Gasteiger partial charge in [0.25, 0.3) is 5.91 Å². The first kappa shape index (κ1) is 15.5. The normalized spacial score (nSPS) is 10.3. The van der Waals surface area contributed by atoms with Gasteiger partial charge in [0.05, 0.1) is 11.3 Å². The van der Waals surface area contributed by atoms with E-state index in [1.807, 2.05) is 30.3 Å². The summed E-state index contributed by atoms with van der Waals surface area (Å²) in [6, 6.07) is 17.8. The number of hydrogen-bond acceptors (Lipinski definition) is 5. The molecule has 1 heterocycles. The van der Waals surface area contributed by atoms with E-state index < -0.39 is 0 Å². The van der Waals surface area contributed by atoms with Gasteiger partial charge in [0.1, 0.15) is 5.75 Å². The van der Waals surface area contributed by atoms with Crippen molar-refractivity contribution in [2.45, 2.75) is 6.54 Å². The molecular formula is C18H16N4O2. The van der Waals surface area contributed by atoms with Gasteiger partial charge in [0.2, 0.25) is 0 Å². The average Bonchev–Trinajstić information content (AvgIpc) is 2.61. The molecule has 0 aliphatic rings. The van der Waals surface area contributed by atoms with Crippen LogP contribution < -0.4 is 11.1 Å². The largest absolute Gasteiger partial charge is 0.507 e. The highest BCUT2D eigenvalue weighted by Crippen LogP contribution is 2.27. The summed E-state index contributed by atoms with van der Waals surface area (Å²) < 4.78 is 0. The van der Waals surface area contributed by atoms with Crippen LogP contribution in [-0.2, 0) is 6.54 Å². The maximum Gasteiger partial charge on any atom is 0.255 e. The van der Waals surface area contributed by atoms with Crippen LogP contribution in [0.1, 0.15) is 15.9 Å². The number of carbonyl (C=O) groups is 1. The van der Waals surface area contributed by atoms with E-state index >= 15 is 0 Å². The molecule has 24 heavy (non-hydrogen) atoms. The second-order valence-corrected chi connectivity index (χ2v) is 5.21. The van der Waals surface area contributed by atoms with E-state index in [4.69, 9.17) is 5.73 Å². The molecule has 0 saturated heterocycles. The van der Waals surface area contributed by atoms with E-state index in [0.717, 1.165) is 5.56 Å². The number of nitrogens with two attached hydrogens (primary N) is 1. The van der Waals surface area contributed by atoms with Crippen LogP contribution in [-0.4, -0.2) is 21.2 Å². The highest BCUT2D eigenvalue weighted by Gasteiger charge is 2.15. The van der Waals surface area contributed by atoms with Crippen molar-refractivity contribution in [1.29, 1.82) is 0 Å². The van der Waals surface area contributed by atoms with Gasteiger partial charge in [-0.3, -0.25) is 4.79 Å². The Bertz CT molecular complexity index is 866. The third-order valence-corrected chi connectivity index (χ3v) is 3.54. The molecule has 3 rings (SSSR count). The van der Waals surface area contributed by atoms with Gasteiger partial charge in [0.15, 0.2) is 5.82 Å². The fourth-order valence-corrected chi connectivity index (χ4v) is 2.28. The number of hydrogen-bond donors (Lipinski definition) is 3. The predicted octanol–water partition coefficient (Wildman–Crippen LogP) is 2.36. The molecule has 0 bridgehead atoms. The molecule has 0 saturated carbocycles. The second kappa shape index (κ2) is 6.78. The first-order valence-corrected chi connectivity index (χ1v) is 7.39. The van der Waals surface area contributed by atoms with Crippen LogP contribution in [0.4, 0.5) is 5.82 Å². The molecule has 6 heteroatoms.